The summed E-state index contributed by atoms with van der Waals surface area (Å²) in [5, 5.41) is 0. The highest BCUT2D eigenvalue weighted by molar-refractivity contribution is 7.99. The lowest BCUT2D eigenvalue weighted by Crippen LogP contribution is -2.34. The van der Waals surface area contributed by atoms with Crippen LogP contribution in [0.3, 0.4) is 0 Å². The largest absolute Gasteiger partial charge is 0.399 e. The maximum atomic E-state index is 12.4. The van der Waals surface area contributed by atoms with Gasteiger partial charge in [0, 0.05) is 29.6 Å². The van der Waals surface area contributed by atoms with Crippen LogP contribution in [0.2, 0.25) is 0 Å². The Balaban J connectivity index is 1.87. The number of nitrogen functional groups attached to an aromatic ring is 1. The Kier molecular flexibility index (Phi) is 2.74. The highest BCUT2D eigenvalue weighted by Crippen LogP contribution is 2.33. The standard InChI is InChI=1S/C13H16N2OS/c14-11-2-1-9-3-5-15(12(9)7-11)13(16)10-4-6-17-8-10/h1-2,7,10H,3-6,8,14H2. The van der Waals surface area contributed by atoms with E-state index in [2.05, 4.69) is 0 Å². The highest BCUT2D eigenvalue weighted by atomic mass is 32.2. The summed E-state index contributed by atoms with van der Waals surface area (Å²) < 4.78 is 0. The predicted octanol–water partition coefficient (Wildman–Crippen LogP) is 1.91. The number of carbonyl (C=O) groups excluding carboxylic acids is 1. The molecular formula is C13H16N2OS. The SMILES string of the molecule is Nc1ccc2c(c1)N(C(=O)C1CCSC1)CC2. The van der Waals surface area contributed by atoms with Gasteiger partial charge in [-0.2, -0.15) is 11.8 Å². The Bertz CT molecular complexity index is 455. The minimum Gasteiger partial charge on any atom is -0.399 e. The maximum Gasteiger partial charge on any atom is 0.230 e. The van der Waals surface area contributed by atoms with Crippen molar-refractivity contribution in [3.8, 4) is 0 Å². The van der Waals surface area contributed by atoms with Crippen LogP contribution in [-0.4, -0.2) is 24.0 Å². The lowest BCUT2D eigenvalue weighted by atomic mass is 10.1. The van der Waals surface area contributed by atoms with Gasteiger partial charge in [-0.1, -0.05) is 6.07 Å². The van der Waals surface area contributed by atoms with Gasteiger partial charge in [0.05, 0.1) is 0 Å². The summed E-state index contributed by atoms with van der Waals surface area (Å²) >= 11 is 1.88. The van der Waals surface area contributed by atoms with E-state index >= 15 is 0 Å². The number of hydrogen-bond acceptors (Lipinski definition) is 3. The first-order valence-electron chi connectivity index (χ1n) is 6.03. The molecule has 1 aromatic carbocycles. The van der Waals surface area contributed by atoms with Gasteiger partial charge in [-0.05, 0) is 36.3 Å². The Morgan fingerprint density at radius 1 is 1.47 bits per heavy atom. The molecule has 17 heavy (non-hydrogen) atoms. The second-order valence-electron chi connectivity index (χ2n) is 4.69. The van der Waals surface area contributed by atoms with Crippen molar-refractivity contribution in [1.82, 2.24) is 0 Å². The van der Waals surface area contributed by atoms with Crippen LogP contribution in [0.1, 0.15) is 12.0 Å². The molecule has 0 bridgehead atoms. The van der Waals surface area contributed by atoms with Gasteiger partial charge in [-0.25, -0.2) is 0 Å². The molecule has 0 radical (unpaired) electrons. The van der Waals surface area contributed by atoms with Crippen molar-refractivity contribution >= 4 is 29.0 Å². The first-order chi connectivity index (χ1) is 8.25. The van der Waals surface area contributed by atoms with Crippen LogP contribution in [0.15, 0.2) is 18.2 Å². The van der Waals surface area contributed by atoms with Gasteiger partial charge in [0.15, 0.2) is 0 Å². The number of fused-ring (bicyclic) bond motifs is 1. The molecule has 2 aliphatic heterocycles. The molecule has 3 nitrogen and oxygen atoms in total. The average molecular weight is 248 g/mol. The van der Waals surface area contributed by atoms with Crippen LogP contribution in [0.25, 0.3) is 0 Å². The zero-order valence-electron chi connectivity index (χ0n) is 9.69. The molecule has 2 aliphatic rings. The number of benzene rings is 1. The monoisotopic (exact) mass is 248 g/mol. The number of nitrogens with zero attached hydrogens (tertiary/aromatic N) is 1. The summed E-state index contributed by atoms with van der Waals surface area (Å²) in [6, 6.07) is 5.89. The van der Waals surface area contributed by atoms with Crippen LogP contribution < -0.4 is 10.6 Å². The van der Waals surface area contributed by atoms with Crippen LogP contribution >= 0.6 is 11.8 Å². The number of nitrogens with two attached hydrogens (primary N) is 1. The van der Waals surface area contributed by atoms with E-state index in [9.17, 15) is 4.79 Å². The van der Waals surface area contributed by atoms with E-state index in [1.165, 1.54) is 5.56 Å². The van der Waals surface area contributed by atoms with Crippen LogP contribution in [0, 0.1) is 5.92 Å². The van der Waals surface area contributed by atoms with Gasteiger partial charge in [0.2, 0.25) is 5.91 Å². The fraction of sp³-hybridized carbons (Fsp3) is 0.462. The molecule has 0 saturated carbocycles. The molecule has 0 aromatic heterocycles. The van der Waals surface area contributed by atoms with E-state index < -0.39 is 0 Å². The van der Waals surface area contributed by atoms with Gasteiger partial charge in [0.25, 0.3) is 0 Å². The third-order valence-corrected chi connectivity index (χ3v) is 4.71. The summed E-state index contributed by atoms with van der Waals surface area (Å²) in [5.41, 5.74) is 8.83. The second-order valence-corrected chi connectivity index (χ2v) is 5.84. The van der Waals surface area contributed by atoms with Crippen molar-refractivity contribution < 1.29 is 4.79 Å². The van der Waals surface area contributed by atoms with Crippen molar-refractivity contribution in [2.45, 2.75) is 12.8 Å². The molecule has 3 rings (SSSR count). The van der Waals surface area contributed by atoms with E-state index in [0.717, 1.165) is 42.3 Å². The van der Waals surface area contributed by atoms with Crippen LogP contribution in [-0.2, 0) is 11.2 Å². The van der Waals surface area contributed by atoms with Crippen molar-refractivity contribution in [2.24, 2.45) is 5.92 Å². The summed E-state index contributed by atoms with van der Waals surface area (Å²) in [6.45, 7) is 0.818. The minimum absolute atomic E-state index is 0.215. The lowest BCUT2D eigenvalue weighted by molar-refractivity contribution is -0.121. The van der Waals surface area contributed by atoms with E-state index in [-0.39, 0.29) is 5.92 Å². The molecule has 1 unspecified atom stereocenters. The van der Waals surface area contributed by atoms with Crippen LogP contribution in [0.4, 0.5) is 11.4 Å². The summed E-state index contributed by atoms with van der Waals surface area (Å²) in [7, 11) is 0. The zero-order valence-corrected chi connectivity index (χ0v) is 10.5. The van der Waals surface area contributed by atoms with E-state index in [1.807, 2.05) is 34.9 Å². The molecular weight excluding hydrogens is 232 g/mol. The van der Waals surface area contributed by atoms with Crippen molar-refractivity contribution in [3.05, 3.63) is 23.8 Å². The number of anilines is 2. The molecule has 0 aliphatic carbocycles. The number of amides is 1. The fourth-order valence-corrected chi connectivity index (χ4v) is 3.79. The third-order valence-electron chi connectivity index (χ3n) is 3.55. The molecule has 0 spiro atoms. The Hall–Kier alpha value is -1.16. The Morgan fingerprint density at radius 3 is 3.12 bits per heavy atom. The van der Waals surface area contributed by atoms with Gasteiger partial charge in [-0.3, -0.25) is 4.79 Å². The first kappa shape index (κ1) is 11.0. The van der Waals surface area contributed by atoms with Gasteiger partial charge in [-0.15, -0.1) is 0 Å². The quantitative estimate of drug-likeness (QED) is 0.772. The van der Waals surface area contributed by atoms with E-state index in [0.29, 0.717) is 5.91 Å². The Labute approximate surface area is 105 Å². The number of carbonyl (C=O) groups is 1. The predicted molar refractivity (Wildman–Crippen MR) is 72.3 cm³/mol. The molecule has 1 saturated heterocycles. The topological polar surface area (TPSA) is 46.3 Å². The zero-order chi connectivity index (χ0) is 11.8. The highest BCUT2D eigenvalue weighted by Gasteiger charge is 2.31. The number of thioether (sulfide) groups is 1. The van der Waals surface area contributed by atoms with Crippen molar-refractivity contribution in [1.29, 1.82) is 0 Å². The molecule has 2 N–H and O–H groups in total. The van der Waals surface area contributed by atoms with Crippen molar-refractivity contribution in [3.63, 3.8) is 0 Å². The molecule has 1 amide bonds. The smallest absolute Gasteiger partial charge is 0.230 e. The minimum atomic E-state index is 0.215. The second kappa shape index (κ2) is 4.26. The summed E-state index contributed by atoms with van der Waals surface area (Å²) in [5.74, 6) is 2.60. The normalized spacial score (nSPS) is 22.8. The van der Waals surface area contributed by atoms with Crippen LogP contribution in [0.5, 0.6) is 0 Å². The molecule has 1 aromatic rings. The molecule has 2 heterocycles. The molecule has 4 heteroatoms. The summed E-state index contributed by atoms with van der Waals surface area (Å²) in [6.07, 6.45) is 1.98. The number of rotatable bonds is 1. The van der Waals surface area contributed by atoms with E-state index in [4.69, 9.17) is 5.73 Å². The third kappa shape index (κ3) is 1.90. The van der Waals surface area contributed by atoms with Gasteiger partial charge in [0.1, 0.15) is 0 Å². The Morgan fingerprint density at radius 2 is 2.35 bits per heavy atom. The molecule has 1 fully saturated rings. The van der Waals surface area contributed by atoms with Gasteiger partial charge >= 0.3 is 0 Å². The maximum absolute atomic E-state index is 12.4. The lowest BCUT2D eigenvalue weighted by Gasteiger charge is -2.21. The van der Waals surface area contributed by atoms with Gasteiger partial charge < -0.3 is 10.6 Å². The molecule has 1 atom stereocenters. The fourth-order valence-electron chi connectivity index (χ4n) is 2.57. The molecule has 90 valence electrons. The number of hydrogen-bond donors (Lipinski definition) is 1. The van der Waals surface area contributed by atoms with E-state index in [1.54, 1.807) is 0 Å². The first-order valence-corrected chi connectivity index (χ1v) is 7.19. The van der Waals surface area contributed by atoms with Crippen molar-refractivity contribution in [2.75, 3.05) is 28.7 Å². The summed E-state index contributed by atoms with van der Waals surface area (Å²) in [4.78, 5) is 14.3. The average Bonchev–Trinajstić information content (AvgIpc) is 2.97.